The Morgan fingerprint density at radius 2 is 1.95 bits per heavy atom. The molecule has 0 aliphatic carbocycles. The van der Waals surface area contributed by atoms with Gasteiger partial charge in [0.25, 0.3) is 10.1 Å². The van der Waals surface area contributed by atoms with Gasteiger partial charge in [-0.1, -0.05) is 38.8 Å². The number of esters is 1. The molecule has 0 aliphatic heterocycles. The van der Waals surface area contributed by atoms with Crippen molar-refractivity contribution in [2.75, 3.05) is 0 Å². The highest BCUT2D eigenvalue weighted by Crippen LogP contribution is 2.31. The predicted molar refractivity (Wildman–Crippen MR) is 80.3 cm³/mol. The number of halogens is 1. The van der Waals surface area contributed by atoms with E-state index in [1.165, 1.54) is 18.2 Å². The molecular formula is C14H19ClO5S. The molecule has 0 radical (unpaired) electrons. The van der Waals surface area contributed by atoms with Crippen molar-refractivity contribution < 1.29 is 22.5 Å². The van der Waals surface area contributed by atoms with E-state index >= 15 is 0 Å². The molecule has 21 heavy (non-hydrogen) atoms. The second-order valence-electron chi connectivity index (χ2n) is 4.73. The van der Waals surface area contributed by atoms with Crippen LogP contribution in [0.5, 0.6) is 5.75 Å². The number of hydrogen-bond acceptors (Lipinski definition) is 4. The van der Waals surface area contributed by atoms with Gasteiger partial charge in [0, 0.05) is 0 Å². The lowest BCUT2D eigenvalue weighted by Gasteiger charge is -2.23. The molecule has 5 nitrogen and oxygen atoms in total. The second-order valence-corrected chi connectivity index (χ2v) is 6.85. The lowest BCUT2D eigenvalue weighted by atomic mass is 9.98. The fraction of sp³-hybridized carbons (Fsp3) is 0.500. The first-order valence-corrected chi connectivity index (χ1v) is 8.54. The third-order valence-corrected chi connectivity index (χ3v) is 4.69. The Bertz CT molecular complexity index is 599. The number of unbranched alkanes of at least 4 members (excludes halogenated alkanes) is 1. The van der Waals surface area contributed by atoms with Crippen LogP contribution in [0.3, 0.4) is 0 Å². The highest BCUT2D eigenvalue weighted by Gasteiger charge is 2.36. The fourth-order valence-electron chi connectivity index (χ4n) is 1.82. The van der Waals surface area contributed by atoms with Gasteiger partial charge in [0.15, 0.2) is 5.75 Å². The minimum absolute atomic E-state index is 0.222. The van der Waals surface area contributed by atoms with E-state index in [0.29, 0.717) is 12.8 Å². The Morgan fingerprint density at radius 1 is 1.33 bits per heavy atom. The molecule has 0 spiro atoms. The minimum atomic E-state index is -4.47. The average molecular weight is 335 g/mol. The molecule has 1 aromatic rings. The SMILES string of the molecule is CCCCC(Cl)(CC)C(=O)Oc1ccccc1S(=O)(=O)O. The van der Waals surface area contributed by atoms with E-state index in [1.54, 1.807) is 6.92 Å². The van der Waals surface area contributed by atoms with Crippen LogP contribution in [0.2, 0.25) is 0 Å². The van der Waals surface area contributed by atoms with E-state index in [-0.39, 0.29) is 5.75 Å². The van der Waals surface area contributed by atoms with Gasteiger partial charge in [-0.2, -0.15) is 8.42 Å². The average Bonchev–Trinajstić information content (AvgIpc) is 2.44. The number of para-hydroxylation sites is 1. The van der Waals surface area contributed by atoms with Gasteiger partial charge in [-0.25, -0.2) is 4.79 Å². The quantitative estimate of drug-likeness (QED) is 0.357. The van der Waals surface area contributed by atoms with Crippen LogP contribution in [0, 0.1) is 0 Å². The van der Waals surface area contributed by atoms with E-state index in [0.717, 1.165) is 18.9 Å². The van der Waals surface area contributed by atoms with Crippen LogP contribution in [-0.4, -0.2) is 23.8 Å². The molecule has 1 N–H and O–H groups in total. The number of rotatable bonds is 7. The molecule has 1 rings (SSSR count). The van der Waals surface area contributed by atoms with E-state index in [4.69, 9.17) is 20.9 Å². The van der Waals surface area contributed by atoms with Gasteiger partial charge in [-0.15, -0.1) is 11.6 Å². The molecule has 1 atom stereocenters. The van der Waals surface area contributed by atoms with Crippen molar-refractivity contribution in [2.24, 2.45) is 0 Å². The van der Waals surface area contributed by atoms with Crippen LogP contribution >= 0.6 is 11.6 Å². The summed E-state index contributed by atoms with van der Waals surface area (Å²) in [6, 6.07) is 5.39. The lowest BCUT2D eigenvalue weighted by Crippen LogP contribution is -2.36. The number of carbonyl (C=O) groups is 1. The Hall–Kier alpha value is -1.11. The van der Waals surface area contributed by atoms with Gasteiger partial charge in [0.1, 0.15) is 9.77 Å². The smallest absolute Gasteiger partial charge is 0.332 e. The third kappa shape index (κ3) is 4.69. The first-order chi connectivity index (χ1) is 9.74. The monoisotopic (exact) mass is 334 g/mol. The van der Waals surface area contributed by atoms with Crippen molar-refractivity contribution in [1.82, 2.24) is 0 Å². The summed E-state index contributed by atoms with van der Waals surface area (Å²) in [6.07, 6.45) is 2.44. The zero-order valence-corrected chi connectivity index (χ0v) is 13.6. The zero-order valence-electron chi connectivity index (χ0n) is 12.0. The highest BCUT2D eigenvalue weighted by molar-refractivity contribution is 7.86. The normalized spacial score (nSPS) is 14.5. The molecule has 0 saturated heterocycles. The van der Waals surface area contributed by atoms with Gasteiger partial charge in [0.05, 0.1) is 0 Å². The van der Waals surface area contributed by atoms with Crippen LogP contribution in [-0.2, 0) is 14.9 Å². The molecule has 118 valence electrons. The summed E-state index contributed by atoms with van der Waals surface area (Å²) in [7, 11) is -4.47. The highest BCUT2D eigenvalue weighted by atomic mass is 35.5. The summed E-state index contributed by atoms with van der Waals surface area (Å²) in [5, 5.41) is 0. The Morgan fingerprint density at radius 3 is 2.48 bits per heavy atom. The molecule has 7 heteroatoms. The van der Waals surface area contributed by atoms with Gasteiger partial charge in [-0.3, -0.25) is 4.55 Å². The second kappa shape index (κ2) is 7.24. The summed E-state index contributed by atoms with van der Waals surface area (Å²) >= 11 is 6.28. The summed E-state index contributed by atoms with van der Waals surface area (Å²) in [5.41, 5.74) is 0. The molecule has 0 fully saturated rings. The fourth-order valence-corrected chi connectivity index (χ4v) is 2.61. The van der Waals surface area contributed by atoms with Crippen molar-refractivity contribution in [3.8, 4) is 5.75 Å². The molecule has 0 aromatic heterocycles. The molecule has 0 heterocycles. The van der Waals surface area contributed by atoms with E-state index in [1.807, 2.05) is 6.92 Å². The van der Waals surface area contributed by atoms with Crippen molar-refractivity contribution in [1.29, 1.82) is 0 Å². The number of hydrogen-bond donors (Lipinski definition) is 1. The minimum Gasteiger partial charge on any atom is -0.424 e. The Labute approximate surface area is 130 Å². The van der Waals surface area contributed by atoms with Crippen molar-refractivity contribution >= 4 is 27.7 Å². The van der Waals surface area contributed by atoms with Crippen molar-refractivity contribution in [3.05, 3.63) is 24.3 Å². The van der Waals surface area contributed by atoms with Crippen LogP contribution in [0.1, 0.15) is 39.5 Å². The zero-order chi connectivity index (χ0) is 16.1. The molecule has 0 amide bonds. The van der Waals surface area contributed by atoms with Crippen LogP contribution < -0.4 is 4.74 Å². The number of benzene rings is 1. The molecule has 1 unspecified atom stereocenters. The first-order valence-electron chi connectivity index (χ1n) is 6.72. The predicted octanol–water partition coefficient (Wildman–Crippen LogP) is 3.42. The number of alkyl halides is 1. The van der Waals surface area contributed by atoms with E-state index < -0.39 is 25.9 Å². The van der Waals surface area contributed by atoms with Crippen molar-refractivity contribution in [2.45, 2.75) is 49.3 Å². The van der Waals surface area contributed by atoms with E-state index in [9.17, 15) is 13.2 Å². The number of carbonyl (C=O) groups excluding carboxylic acids is 1. The molecule has 1 aromatic carbocycles. The van der Waals surface area contributed by atoms with Gasteiger partial charge in [0.2, 0.25) is 0 Å². The summed E-state index contributed by atoms with van der Waals surface area (Å²) < 4.78 is 36.8. The molecule has 0 aliphatic rings. The van der Waals surface area contributed by atoms with E-state index in [2.05, 4.69) is 0 Å². The Balaban J connectivity index is 3.03. The maximum Gasteiger partial charge on any atom is 0.332 e. The molecule has 0 saturated carbocycles. The largest absolute Gasteiger partial charge is 0.424 e. The third-order valence-electron chi connectivity index (χ3n) is 3.18. The van der Waals surface area contributed by atoms with Crippen LogP contribution in [0.15, 0.2) is 29.2 Å². The maximum atomic E-state index is 12.2. The van der Waals surface area contributed by atoms with Crippen LogP contribution in [0.25, 0.3) is 0 Å². The molecular weight excluding hydrogens is 316 g/mol. The standard InChI is InChI=1S/C14H19ClO5S/c1-3-5-10-14(15,4-2)13(16)20-11-8-6-7-9-12(11)21(17,18)19/h6-9H,3-5,10H2,1-2H3,(H,17,18,19). The van der Waals surface area contributed by atoms with Gasteiger partial charge in [-0.05, 0) is 25.0 Å². The van der Waals surface area contributed by atoms with Crippen LogP contribution in [0.4, 0.5) is 0 Å². The van der Waals surface area contributed by atoms with Gasteiger partial charge < -0.3 is 4.74 Å². The summed E-state index contributed by atoms with van der Waals surface area (Å²) in [4.78, 5) is 10.6. The van der Waals surface area contributed by atoms with Crippen molar-refractivity contribution in [3.63, 3.8) is 0 Å². The first kappa shape index (κ1) is 17.9. The van der Waals surface area contributed by atoms with Gasteiger partial charge >= 0.3 is 5.97 Å². The molecule has 0 bridgehead atoms. The summed E-state index contributed by atoms with van der Waals surface area (Å²) in [5.74, 6) is -0.934. The summed E-state index contributed by atoms with van der Waals surface area (Å²) in [6.45, 7) is 3.74. The number of ether oxygens (including phenoxy) is 1. The maximum absolute atomic E-state index is 12.2. The Kier molecular flexibility index (Phi) is 6.19. The lowest BCUT2D eigenvalue weighted by molar-refractivity contribution is -0.138. The topological polar surface area (TPSA) is 80.7 Å².